The van der Waals surface area contributed by atoms with Crippen LogP contribution in [-0.2, 0) is 14.3 Å². The van der Waals surface area contributed by atoms with Gasteiger partial charge in [-0.2, -0.15) is 0 Å². The summed E-state index contributed by atoms with van der Waals surface area (Å²) in [6, 6.07) is -0.696. The summed E-state index contributed by atoms with van der Waals surface area (Å²) in [5.41, 5.74) is 0. The van der Waals surface area contributed by atoms with Crippen molar-refractivity contribution < 1.29 is 24.5 Å². The van der Waals surface area contributed by atoms with E-state index < -0.39 is 18.2 Å². The van der Waals surface area contributed by atoms with Crippen LogP contribution < -0.4 is 5.32 Å². The van der Waals surface area contributed by atoms with Gasteiger partial charge in [-0.1, -0.05) is 226 Å². The topological polar surface area (TPSA) is 95.9 Å². The van der Waals surface area contributed by atoms with Crippen LogP contribution in [0.4, 0.5) is 0 Å². The third kappa shape index (κ3) is 41.1. The molecule has 0 aliphatic carbocycles. The van der Waals surface area contributed by atoms with Gasteiger partial charge in [0.2, 0.25) is 5.91 Å². The van der Waals surface area contributed by atoms with Crippen molar-refractivity contribution in [2.24, 2.45) is 0 Å². The van der Waals surface area contributed by atoms with Crippen molar-refractivity contribution in [1.29, 1.82) is 0 Å². The van der Waals surface area contributed by atoms with E-state index in [1.54, 1.807) is 0 Å². The van der Waals surface area contributed by atoms with E-state index in [1.807, 2.05) is 0 Å². The van der Waals surface area contributed by atoms with Gasteiger partial charge in [-0.3, -0.25) is 9.59 Å². The summed E-state index contributed by atoms with van der Waals surface area (Å²) in [6.07, 6.45) is 49.9. The fourth-order valence-corrected chi connectivity index (χ4v) is 7.96. The standard InChI is InChI=1S/C51H99NO5/c1-4-7-10-13-16-19-21-23-25-26-28-31-33-36-39-42-47(57-51(56)44-41-38-35-32-29-27-24-22-20-17-14-11-8-5-2)45-50(55)52-48(46-53)49(54)43-40-37-34-30-18-15-12-9-6-3/h27,29,47-49,53-54H,4-26,28,30-46H2,1-3H3,(H,52,55)/b29-27-. The molecule has 0 rings (SSSR count). The van der Waals surface area contributed by atoms with Gasteiger partial charge in [-0.15, -0.1) is 0 Å². The first kappa shape index (κ1) is 55.6. The summed E-state index contributed by atoms with van der Waals surface area (Å²) >= 11 is 0. The summed E-state index contributed by atoms with van der Waals surface area (Å²) in [4.78, 5) is 26.1. The van der Waals surface area contributed by atoms with E-state index in [4.69, 9.17) is 4.74 Å². The number of rotatable bonds is 46. The second kappa shape index (κ2) is 45.7. The Bertz CT molecular complexity index is 863. The quantitative estimate of drug-likeness (QED) is 0.0323. The van der Waals surface area contributed by atoms with Crippen molar-refractivity contribution >= 4 is 11.9 Å². The maximum Gasteiger partial charge on any atom is 0.306 e. The number of hydrogen-bond acceptors (Lipinski definition) is 5. The van der Waals surface area contributed by atoms with E-state index in [1.165, 1.54) is 173 Å². The van der Waals surface area contributed by atoms with Crippen molar-refractivity contribution in [2.45, 2.75) is 296 Å². The number of hydrogen-bond donors (Lipinski definition) is 3. The van der Waals surface area contributed by atoms with Gasteiger partial charge in [0.1, 0.15) is 6.10 Å². The molecule has 3 N–H and O–H groups in total. The number of esters is 1. The zero-order valence-electron chi connectivity index (χ0n) is 38.5. The Kier molecular flexibility index (Phi) is 44.6. The number of ether oxygens (including phenoxy) is 1. The molecule has 0 saturated carbocycles. The molecule has 0 aliphatic heterocycles. The van der Waals surface area contributed by atoms with E-state index in [-0.39, 0.29) is 24.9 Å². The molecule has 0 saturated heterocycles. The van der Waals surface area contributed by atoms with Crippen LogP contribution in [0.3, 0.4) is 0 Å². The molecule has 6 nitrogen and oxygen atoms in total. The van der Waals surface area contributed by atoms with Crippen LogP contribution in [-0.4, -0.2) is 46.9 Å². The number of carbonyl (C=O) groups is 2. The number of amides is 1. The summed E-state index contributed by atoms with van der Waals surface area (Å²) in [6.45, 7) is 6.48. The molecule has 1 amide bonds. The van der Waals surface area contributed by atoms with Crippen LogP contribution in [0.5, 0.6) is 0 Å². The van der Waals surface area contributed by atoms with Gasteiger partial charge in [0, 0.05) is 6.42 Å². The average Bonchev–Trinajstić information content (AvgIpc) is 3.20. The number of nitrogens with one attached hydrogen (secondary N) is 1. The highest BCUT2D eigenvalue weighted by Crippen LogP contribution is 2.18. The van der Waals surface area contributed by atoms with Crippen LogP contribution in [0, 0.1) is 0 Å². The minimum absolute atomic E-state index is 0.0785. The van der Waals surface area contributed by atoms with Gasteiger partial charge >= 0.3 is 5.97 Å². The molecule has 338 valence electrons. The van der Waals surface area contributed by atoms with Crippen LogP contribution >= 0.6 is 0 Å². The molecular formula is C51H99NO5. The van der Waals surface area contributed by atoms with Gasteiger partial charge < -0.3 is 20.3 Å². The van der Waals surface area contributed by atoms with E-state index in [0.29, 0.717) is 19.3 Å². The second-order valence-corrected chi connectivity index (χ2v) is 17.6. The second-order valence-electron chi connectivity index (χ2n) is 17.6. The molecule has 0 heterocycles. The Labute approximate surface area is 355 Å². The van der Waals surface area contributed by atoms with Crippen LogP contribution in [0.2, 0.25) is 0 Å². The monoisotopic (exact) mass is 806 g/mol. The Morgan fingerprint density at radius 1 is 0.491 bits per heavy atom. The van der Waals surface area contributed by atoms with Crippen molar-refractivity contribution in [3.8, 4) is 0 Å². The van der Waals surface area contributed by atoms with Gasteiger partial charge in [0.05, 0.1) is 25.2 Å². The molecule has 3 unspecified atom stereocenters. The molecule has 0 aromatic heterocycles. The third-order valence-corrected chi connectivity index (χ3v) is 11.8. The van der Waals surface area contributed by atoms with Crippen molar-refractivity contribution in [2.75, 3.05) is 6.61 Å². The summed E-state index contributed by atoms with van der Waals surface area (Å²) in [5.74, 6) is -0.477. The minimum atomic E-state index is -0.782. The SMILES string of the molecule is CCCCCCCCC/C=C\CCCCCC(=O)OC(CCCCCCCCCCCCCCCCC)CC(=O)NC(CO)C(O)CCCCCCCCCCC. The highest BCUT2D eigenvalue weighted by Gasteiger charge is 2.24. The molecule has 0 spiro atoms. The molecule has 0 aromatic carbocycles. The van der Waals surface area contributed by atoms with Gasteiger partial charge in [-0.05, 0) is 51.4 Å². The minimum Gasteiger partial charge on any atom is -0.462 e. The number of unbranched alkanes of at least 4 members (excludes halogenated alkanes) is 32. The lowest BCUT2D eigenvalue weighted by molar-refractivity contribution is -0.151. The molecule has 0 fully saturated rings. The predicted molar refractivity (Wildman–Crippen MR) is 246 cm³/mol. The number of aliphatic hydroxyl groups excluding tert-OH is 2. The fraction of sp³-hybridized carbons (Fsp3) is 0.922. The first-order valence-electron chi connectivity index (χ1n) is 25.4. The molecule has 0 aromatic rings. The largest absolute Gasteiger partial charge is 0.462 e. The number of aliphatic hydroxyl groups is 2. The van der Waals surface area contributed by atoms with Crippen molar-refractivity contribution in [1.82, 2.24) is 5.32 Å². The Morgan fingerprint density at radius 3 is 1.25 bits per heavy atom. The fourth-order valence-electron chi connectivity index (χ4n) is 7.96. The lowest BCUT2D eigenvalue weighted by Gasteiger charge is -2.24. The third-order valence-electron chi connectivity index (χ3n) is 11.8. The molecule has 0 aliphatic rings. The first-order chi connectivity index (χ1) is 28.0. The van der Waals surface area contributed by atoms with E-state index in [9.17, 15) is 19.8 Å². The maximum atomic E-state index is 13.2. The van der Waals surface area contributed by atoms with Crippen LogP contribution in [0.1, 0.15) is 278 Å². The Morgan fingerprint density at radius 2 is 0.842 bits per heavy atom. The molecule has 6 heteroatoms. The number of allylic oxidation sites excluding steroid dienone is 2. The van der Waals surface area contributed by atoms with Crippen LogP contribution in [0.25, 0.3) is 0 Å². The molecular weight excluding hydrogens is 707 g/mol. The average molecular weight is 806 g/mol. The lowest BCUT2D eigenvalue weighted by Crippen LogP contribution is -2.46. The Balaban J connectivity index is 4.56. The van der Waals surface area contributed by atoms with Crippen LogP contribution in [0.15, 0.2) is 12.2 Å². The lowest BCUT2D eigenvalue weighted by atomic mass is 10.0. The van der Waals surface area contributed by atoms with Crippen molar-refractivity contribution in [3.05, 3.63) is 12.2 Å². The highest BCUT2D eigenvalue weighted by molar-refractivity contribution is 5.77. The smallest absolute Gasteiger partial charge is 0.306 e. The van der Waals surface area contributed by atoms with Crippen molar-refractivity contribution in [3.63, 3.8) is 0 Å². The van der Waals surface area contributed by atoms with Gasteiger partial charge in [0.25, 0.3) is 0 Å². The molecule has 3 atom stereocenters. The van der Waals surface area contributed by atoms with E-state index >= 15 is 0 Å². The molecule has 0 radical (unpaired) electrons. The zero-order valence-corrected chi connectivity index (χ0v) is 38.5. The highest BCUT2D eigenvalue weighted by atomic mass is 16.5. The zero-order chi connectivity index (χ0) is 41.7. The summed E-state index contributed by atoms with van der Waals surface area (Å²) < 4.78 is 5.92. The van der Waals surface area contributed by atoms with E-state index in [0.717, 1.165) is 57.8 Å². The normalized spacial score (nSPS) is 13.3. The maximum absolute atomic E-state index is 13.2. The Hall–Kier alpha value is -1.40. The van der Waals surface area contributed by atoms with E-state index in [2.05, 4.69) is 38.2 Å². The number of carbonyl (C=O) groups excluding carboxylic acids is 2. The molecule has 0 bridgehead atoms. The molecule has 57 heavy (non-hydrogen) atoms. The first-order valence-corrected chi connectivity index (χ1v) is 25.4. The van der Waals surface area contributed by atoms with Gasteiger partial charge in [-0.25, -0.2) is 0 Å². The summed E-state index contributed by atoms with van der Waals surface area (Å²) in [7, 11) is 0. The predicted octanol–water partition coefficient (Wildman–Crippen LogP) is 15.0. The summed E-state index contributed by atoms with van der Waals surface area (Å²) in [5, 5.41) is 23.7. The van der Waals surface area contributed by atoms with Gasteiger partial charge in [0.15, 0.2) is 0 Å².